The van der Waals surface area contributed by atoms with Crippen molar-refractivity contribution in [2.45, 2.75) is 0 Å². The van der Waals surface area contributed by atoms with Crippen molar-refractivity contribution in [3.63, 3.8) is 0 Å². The highest BCUT2D eigenvalue weighted by atomic mass is 35.5. The highest BCUT2D eigenvalue weighted by Gasteiger charge is 2.09. The van der Waals surface area contributed by atoms with E-state index in [0.717, 1.165) is 0 Å². The Morgan fingerprint density at radius 2 is 2.05 bits per heavy atom. The predicted octanol–water partition coefficient (Wildman–Crippen LogP) is 3.58. The van der Waals surface area contributed by atoms with Crippen LogP contribution in [-0.4, -0.2) is 12.0 Å². The molecule has 0 unspecified atom stereocenters. The van der Waals surface area contributed by atoms with Gasteiger partial charge in [-0.2, -0.15) is 0 Å². The average molecular weight is 294 g/mol. The first-order chi connectivity index (χ1) is 9.51. The quantitative estimate of drug-likeness (QED) is 0.511. The van der Waals surface area contributed by atoms with Crippen LogP contribution in [0.5, 0.6) is 5.75 Å². The predicted molar refractivity (Wildman–Crippen MR) is 78.8 cm³/mol. The summed E-state index contributed by atoms with van der Waals surface area (Å²) >= 11 is 5.93. The maximum atomic E-state index is 10.6. The van der Waals surface area contributed by atoms with E-state index < -0.39 is 4.92 Å². The molecule has 0 saturated carbocycles. The van der Waals surface area contributed by atoms with Crippen LogP contribution in [0.4, 0.5) is 22.7 Å². The SMILES string of the molecule is COc1cc(Nc2ccc([N+](=O)[O-])cc2N)ccc1Cl. The van der Waals surface area contributed by atoms with E-state index in [1.807, 2.05) is 0 Å². The van der Waals surface area contributed by atoms with Crippen molar-refractivity contribution in [2.75, 3.05) is 18.2 Å². The van der Waals surface area contributed by atoms with Crippen LogP contribution >= 0.6 is 11.6 Å². The monoisotopic (exact) mass is 293 g/mol. The molecule has 2 aromatic rings. The van der Waals surface area contributed by atoms with E-state index in [1.54, 1.807) is 24.3 Å². The molecule has 2 rings (SSSR count). The van der Waals surface area contributed by atoms with Gasteiger partial charge in [0, 0.05) is 23.9 Å². The molecule has 0 spiro atoms. The first-order valence-corrected chi connectivity index (χ1v) is 6.03. The van der Waals surface area contributed by atoms with Gasteiger partial charge in [-0.3, -0.25) is 10.1 Å². The lowest BCUT2D eigenvalue weighted by molar-refractivity contribution is -0.384. The number of methoxy groups -OCH3 is 1. The van der Waals surface area contributed by atoms with Crippen LogP contribution in [0.15, 0.2) is 36.4 Å². The topological polar surface area (TPSA) is 90.4 Å². The molecule has 0 aliphatic carbocycles. The first-order valence-electron chi connectivity index (χ1n) is 5.65. The molecule has 0 aliphatic heterocycles. The first kappa shape index (κ1) is 14.0. The maximum Gasteiger partial charge on any atom is 0.271 e. The molecule has 0 aliphatic rings. The van der Waals surface area contributed by atoms with Crippen LogP contribution in [0.1, 0.15) is 0 Å². The van der Waals surface area contributed by atoms with Gasteiger partial charge in [0.15, 0.2) is 0 Å². The molecule has 20 heavy (non-hydrogen) atoms. The summed E-state index contributed by atoms with van der Waals surface area (Å²) in [5.74, 6) is 0.525. The van der Waals surface area contributed by atoms with Crippen molar-refractivity contribution in [2.24, 2.45) is 0 Å². The Labute approximate surface area is 120 Å². The number of hydrogen-bond donors (Lipinski definition) is 2. The van der Waals surface area contributed by atoms with Gasteiger partial charge in [-0.05, 0) is 18.2 Å². The second-order valence-electron chi connectivity index (χ2n) is 4.00. The van der Waals surface area contributed by atoms with Crippen LogP contribution < -0.4 is 15.8 Å². The zero-order valence-electron chi connectivity index (χ0n) is 10.6. The number of nitrogens with two attached hydrogens (primary N) is 1. The molecule has 0 fully saturated rings. The molecule has 7 heteroatoms. The van der Waals surface area contributed by atoms with Gasteiger partial charge in [0.1, 0.15) is 5.75 Å². The van der Waals surface area contributed by atoms with Gasteiger partial charge >= 0.3 is 0 Å². The molecule has 3 N–H and O–H groups in total. The summed E-state index contributed by atoms with van der Waals surface area (Å²) in [5, 5.41) is 14.2. The normalized spacial score (nSPS) is 10.1. The van der Waals surface area contributed by atoms with Gasteiger partial charge in [0.2, 0.25) is 0 Å². The Morgan fingerprint density at radius 1 is 1.30 bits per heavy atom. The Kier molecular flexibility index (Phi) is 3.95. The summed E-state index contributed by atoms with van der Waals surface area (Å²) in [5.41, 5.74) is 7.30. The third-order valence-electron chi connectivity index (χ3n) is 2.68. The number of nitrogen functional groups attached to an aromatic ring is 1. The summed E-state index contributed by atoms with van der Waals surface area (Å²) in [6, 6.07) is 9.38. The molecule has 0 atom stereocenters. The fourth-order valence-corrected chi connectivity index (χ4v) is 1.87. The average Bonchev–Trinajstić information content (AvgIpc) is 2.42. The summed E-state index contributed by atoms with van der Waals surface area (Å²) < 4.78 is 5.11. The molecule has 6 nitrogen and oxygen atoms in total. The van der Waals surface area contributed by atoms with E-state index in [1.165, 1.54) is 19.2 Å². The number of rotatable bonds is 4. The highest BCUT2D eigenvalue weighted by molar-refractivity contribution is 6.32. The number of anilines is 3. The lowest BCUT2D eigenvalue weighted by atomic mass is 10.2. The summed E-state index contributed by atoms with van der Waals surface area (Å²) in [4.78, 5) is 10.1. The number of nitro benzene ring substituents is 1. The number of non-ortho nitro benzene ring substituents is 1. The molecule has 0 bridgehead atoms. The van der Waals surface area contributed by atoms with Crippen LogP contribution in [0.2, 0.25) is 5.02 Å². The minimum Gasteiger partial charge on any atom is -0.495 e. The molecule has 0 saturated heterocycles. The second-order valence-corrected chi connectivity index (χ2v) is 4.41. The second kappa shape index (κ2) is 5.66. The third-order valence-corrected chi connectivity index (χ3v) is 2.99. The van der Waals surface area contributed by atoms with Gasteiger partial charge < -0.3 is 15.8 Å². The molecular weight excluding hydrogens is 282 g/mol. The fraction of sp³-hybridized carbons (Fsp3) is 0.0769. The van der Waals surface area contributed by atoms with E-state index in [0.29, 0.717) is 22.1 Å². The largest absolute Gasteiger partial charge is 0.495 e. The Balaban J connectivity index is 2.28. The highest BCUT2D eigenvalue weighted by Crippen LogP contribution is 2.31. The number of halogens is 1. The Hall–Kier alpha value is -2.47. The van der Waals surface area contributed by atoms with Crippen molar-refractivity contribution >= 4 is 34.4 Å². The number of nitrogens with one attached hydrogen (secondary N) is 1. The molecule has 104 valence electrons. The minimum absolute atomic E-state index is 0.0539. The lowest BCUT2D eigenvalue weighted by Crippen LogP contribution is -1.98. The lowest BCUT2D eigenvalue weighted by Gasteiger charge is -2.11. The van der Waals surface area contributed by atoms with Crippen LogP contribution in [0.25, 0.3) is 0 Å². The number of nitrogens with zero attached hydrogens (tertiary/aromatic N) is 1. The zero-order chi connectivity index (χ0) is 14.7. The van der Waals surface area contributed by atoms with Gasteiger partial charge in [0.05, 0.1) is 28.4 Å². The minimum atomic E-state index is -0.495. The van der Waals surface area contributed by atoms with Crippen LogP contribution in [-0.2, 0) is 0 Å². The number of hydrogen-bond acceptors (Lipinski definition) is 5. The van der Waals surface area contributed by atoms with Gasteiger partial charge in [-0.25, -0.2) is 0 Å². The summed E-state index contributed by atoms with van der Waals surface area (Å²) in [7, 11) is 1.52. The van der Waals surface area contributed by atoms with Crippen molar-refractivity contribution in [3.8, 4) is 5.75 Å². The molecule has 0 amide bonds. The Morgan fingerprint density at radius 3 is 2.65 bits per heavy atom. The number of benzene rings is 2. The van der Waals surface area contributed by atoms with E-state index in [-0.39, 0.29) is 11.4 Å². The smallest absolute Gasteiger partial charge is 0.271 e. The van der Waals surface area contributed by atoms with E-state index >= 15 is 0 Å². The zero-order valence-corrected chi connectivity index (χ0v) is 11.3. The van der Waals surface area contributed by atoms with Gasteiger partial charge in [0.25, 0.3) is 5.69 Å². The standard InChI is InChI=1S/C13H12ClN3O3/c1-20-13-6-8(2-4-10(13)14)16-12-5-3-9(17(18)19)7-11(12)15/h2-7,16H,15H2,1H3. The van der Waals surface area contributed by atoms with Crippen LogP contribution in [0, 0.1) is 10.1 Å². The van der Waals surface area contributed by atoms with E-state index in [9.17, 15) is 10.1 Å². The summed E-state index contributed by atoms with van der Waals surface area (Å²) in [6.07, 6.45) is 0. The molecule has 0 aromatic heterocycles. The van der Waals surface area contributed by atoms with E-state index in [4.69, 9.17) is 22.1 Å². The third kappa shape index (κ3) is 2.92. The Bertz CT molecular complexity index is 661. The molecule has 0 radical (unpaired) electrons. The van der Waals surface area contributed by atoms with E-state index in [2.05, 4.69) is 5.32 Å². The molecule has 2 aromatic carbocycles. The van der Waals surface area contributed by atoms with Gasteiger partial charge in [-0.15, -0.1) is 0 Å². The fourth-order valence-electron chi connectivity index (χ4n) is 1.67. The van der Waals surface area contributed by atoms with Crippen molar-refractivity contribution in [1.29, 1.82) is 0 Å². The molecule has 0 heterocycles. The maximum absolute atomic E-state index is 10.6. The van der Waals surface area contributed by atoms with Crippen molar-refractivity contribution in [1.82, 2.24) is 0 Å². The van der Waals surface area contributed by atoms with Crippen LogP contribution in [0.3, 0.4) is 0 Å². The van der Waals surface area contributed by atoms with Crippen molar-refractivity contribution in [3.05, 3.63) is 51.5 Å². The van der Waals surface area contributed by atoms with Crippen molar-refractivity contribution < 1.29 is 9.66 Å². The number of ether oxygens (including phenoxy) is 1. The number of nitro groups is 1. The molecular formula is C13H12ClN3O3. The summed E-state index contributed by atoms with van der Waals surface area (Å²) in [6.45, 7) is 0. The van der Waals surface area contributed by atoms with Gasteiger partial charge in [-0.1, -0.05) is 11.6 Å².